The van der Waals surface area contributed by atoms with Gasteiger partial charge in [-0.3, -0.25) is 4.79 Å². The number of aliphatic hydroxyl groups is 5. The fraction of sp³-hybridized carbons (Fsp3) is 0.929. The molecule has 0 saturated carbocycles. The lowest BCUT2D eigenvalue weighted by Crippen LogP contribution is -2.66. The lowest BCUT2D eigenvalue weighted by Gasteiger charge is -2.45. The first-order valence-electron chi connectivity index (χ1n) is 7.85. The van der Waals surface area contributed by atoms with Crippen molar-refractivity contribution < 1.29 is 49.3 Å². The van der Waals surface area contributed by atoms with Crippen LogP contribution in [0, 0.1) is 0 Å². The zero-order valence-electron chi connectivity index (χ0n) is 13.9. The van der Waals surface area contributed by atoms with Gasteiger partial charge in [-0.2, -0.15) is 0 Å². The molecule has 0 aliphatic carbocycles. The van der Waals surface area contributed by atoms with Crippen molar-refractivity contribution in [3.05, 3.63) is 0 Å². The van der Waals surface area contributed by atoms with E-state index >= 15 is 0 Å². The van der Waals surface area contributed by atoms with Crippen molar-refractivity contribution in [1.82, 2.24) is 5.32 Å². The molecule has 25 heavy (non-hydrogen) atoms. The SMILES string of the molecule is CO[C@@H]1CO[C@@H](O[C@@H]2C(NC(C)=O)[C@H](O)OC(CO)[C@H]2O)C(O)[C@H]1O. The highest BCUT2D eigenvalue weighted by atomic mass is 16.7. The number of rotatable bonds is 5. The third-order valence-corrected chi connectivity index (χ3v) is 4.27. The first-order chi connectivity index (χ1) is 11.8. The van der Waals surface area contributed by atoms with Gasteiger partial charge in [0.1, 0.15) is 42.7 Å². The number of carbonyl (C=O) groups excluding carboxylic acids is 1. The average molecular weight is 367 g/mol. The second kappa shape index (κ2) is 8.66. The van der Waals surface area contributed by atoms with Crippen LogP contribution in [0.2, 0.25) is 0 Å². The summed E-state index contributed by atoms with van der Waals surface area (Å²) in [5, 5.41) is 52.1. The number of amides is 1. The van der Waals surface area contributed by atoms with Crippen molar-refractivity contribution in [2.24, 2.45) is 0 Å². The molecule has 146 valence electrons. The van der Waals surface area contributed by atoms with E-state index in [1.54, 1.807) is 0 Å². The molecule has 2 fully saturated rings. The number of nitrogens with one attached hydrogen (secondary N) is 1. The van der Waals surface area contributed by atoms with E-state index in [2.05, 4.69) is 5.32 Å². The van der Waals surface area contributed by atoms with Crippen molar-refractivity contribution in [2.75, 3.05) is 20.3 Å². The summed E-state index contributed by atoms with van der Waals surface area (Å²) in [6.07, 6.45) is -10.3. The van der Waals surface area contributed by atoms with Gasteiger partial charge < -0.3 is 49.8 Å². The molecule has 1 amide bonds. The Balaban J connectivity index is 2.15. The number of methoxy groups -OCH3 is 1. The van der Waals surface area contributed by atoms with Crippen LogP contribution in [0.3, 0.4) is 0 Å². The van der Waals surface area contributed by atoms with Crippen LogP contribution in [-0.2, 0) is 23.7 Å². The molecule has 2 rings (SSSR count). The average Bonchev–Trinajstić information content (AvgIpc) is 2.57. The van der Waals surface area contributed by atoms with Crippen LogP contribution < -0.4 is 5.32 Å². The highest BCUT2D eigenvalue weighted by Crippen LogP contribution is 2.27. The maximum absolute atomic E-state index is 11.3. The van der Waals surface area contributed by atoms with E-state index in [0.29, 0.717) is 0 Å². The molecule has 0 aromatic heterocycles. The van der Waals surface area contributed by atoms with Crippen molar-refractivity contribution in [1.29, 1.82) is 0 Å². The van der Waals surface area contributed by atoms with Gasteiger partial charge in [0.25, 0.3) is 0 Å². The lowest BCUT2D eigenvalue weighted by atomic mass is 9.96. The van der Waals surface area contributed by atoms with Crippen molar-refractivity contribution in [2.45, 2.75) is 62.2 Å². The molecule has 2 aliphatic heterocycles. The zero-order chi connectivity index (χ0) is 18.7. The Morgan fingerprint density at radius 2 is 1.88 bits per heavy atom. The highest BCUT2D eigenvalue weighted by Gasteiger charge is 2.49. The Labute approximate surface area is 144 Å². The highest BCUT2D eigenvalue weighted by molar-refractivity contribution is 5.73. The minimum Gasteiger partial charge on any atom is -0.394 e. The zero-order valence-corrected chi connectivity index (χ0v) is 13.9. The summed E-state index contributed by atoms with van der Waals surface area (Å²) in [4.78, 5) is 11.3. The second-order valence-corrected chi connectivity index (χ2v) is 6.02. The first-order valence-corrected chi connectivity index (χ1v) is 7.85. The maximum atomic E-state index is 11.3. The third-order valence-electron chi connectivity index (χ3n) is 4.27. The maximum Gasteiger partial charge on any atom is 0.217 e. The molecule has 0 aromatic carbocycles. The van der Waals surface area contributed by atoms with E-state index in [4.69, 9.17) is 18.9 Å². The quantitative estimate of drug-likeness (QED) is 0.282. The molecule has 3 unspecified atom stereocenters. The third kappa shape index (κ3) is 4.45. The van der Waals surface area contributed by atoms with Gasteiger partial charge in [-0.05, 0) is 0 Å². The van der Waals surface area contributed by atoms with Crippen LogP contribution >= 0.6 is 0 Å². The standard InChI is InChI=1S/C14H25NO10/c1-5(17)15-8-12(10(19)6(3-16)24-13(8)21)25-14-11(20)9(18)7(22-2)4-23-14/h6-14,16,18-21H,3-4H2,1-2H3,(H,15,17)/t6?,7-,8?,9+,10-,11?,12-,13-,14+/m1/s1. The minimum atomic E-state index is -1.56. The van der Waals surface area contributed by atoms with Crippen LogP contribution in [0.25, 0.3) is 0 Å². The molecule has 9 atom stereocenters. The summed E-state index contributed by atoms with van der Waals surface area (Å²) in [7, 11) is 1.35. The van der Waals surface area contributed by atoms with Crippen molar-refractivity contribution >= 4 is 5.91 Å². The Bertz CT molecular complexity index is 451. The van der Waals surface area contributed by atoms with Crippen LogP contribution in [0.5, 0.6) is 0 Å². The number of hydrogen-bond acceptors (Lipinski definition) is 10. The fourth-order valence-corrected chi connectivity index (χ4v) is 2.88. The molecule has 0 aromatic rings. The Kier molecular flexibility index (Phi) is 7.08. The molecule has 2 aliphatic rings. The van der Waals surface area contributed by atoms with Crippen LogP contribution in [0.1, 0.15) is 6.92 Å². The largest absolute Gasteiger partial charge is 0.394 e. The minimum absolute atomic E-state index is 0.0739. The molecule has 0 radical (unpaired) electrons. The van der Waals surface area contributed by atoms with Gasteiger partial charge in [-0.25, -0.2) is 0 Å². The number of aliphatic hydroxyl groups excluding tert-OH is 5. The Morgan fingerprint density at radius 1 is 1.20 bits per heavy atom. The van der Waals surface area contributed by atoms with Gasteiger partial charge in [0.2, 0.25) is 5.91 Å². The molecule has 11 nitrogen and oxygen atoms in total. The number of ether oxygens (including phenoxy) is 4. The van der Waals surface area contributed by atoms with Gasteiger partial charge in [0, 0.05) is 14.0 Å². The van der Waals surface area contributed by atoms with E-state index in [0.717, 1.165) is 0 Å². The van der Waals surface area contributed by atoms with E-state index in [9.17, 15) is 30.3 Å². The molecule has 11 heteroatoms. The van der Waals surface area contributed by atoms with E-state index in [1.807, 2.05) is 0 Å². The van der Waals surface area contributed by atoms with Gasteiger partial charge in [0.05, 0.1) is 13.2 Å². The fourth-order valence-electron chi connectivity index (χ4n) is 2.88. The smallest absolute Gasteiger partial charge is 0.217 e. The van der Waals surface area contributed by atoms with Crippen LogP contribution in [0.4, 0.5) is 0 Å². The summed E-state index contributed by atoms with van der Waals surface area (Å²) in [5.74, 6) is -0.513. The molecule has 2 saturated heterocycles. The molecular weight excluding hydrogens is 342 g/mol. The first kappa shape index (κ1) is 20.4. The van der Waals surface area contributed by atoms with Gasteiger partial charge in [-0.1, -0.05) is 0 Å². The van der Waals surface area contributed by atoms with Crippen LogP contribution in [0.15, 0.2) is 0 Å². The Morgan fingerprint density at radius 3 is 2.44 bits per heavy atom. The van der Waals surface area contributed by atoms with Crippen LogP contribution in [-0.4, -0.2) is 107 Å². The molecular formula is C14H25NO10. The summed E-state index contributed by atoms with van der Waals surface area (Å²) in [6, 6.07) is -1.18. The second-order valence-electron chi connectivity index (χ2n) is 6.02. The van der Waals surface area contributed by atoms with E-state index in [-0.39, 0.29) is 6.61 Å². The van der Waals surface area contributed by atoms with E-state index in [1.165, 1.54) is 14.0 Å². The molecule has 0 spiro atoms. The summed E-state index contributed by atoms with van der Waals surface area (Å²) < 4.78 is 20.9. The summed E-state index contributed by atoms with van der Waals surface area (Å²) >= 11 is 0. The molecule has 2 heterocycles. The van der Waals surface area contributed by atoms with Crippen molar-refractivity contribution in [3.8, 4) is 0 Å². The van der Waals surface area contributed by atoms with Gasteiger partial charge in [-0.15, -0.1) is 0 Å². The monoisotopic (exact) mass is 367 g/mol. The topological polar surface area (TPSA) is 167 Å². The van der Waals surface area contributed by atoms with Gasteiger partial charge in [0.15, 0.2) is 12.6 Å². The molecule has 6 N–H and O–H groups in total. The number of hydrogen-bond donors (Lipinski definition) is 6. The predicted molar refractivity (Wildman–Crippen MR) is 79.0 cm³/mol. The summed E-state index contributed by atoms with van der Waals surface area (Å²) in [6.45, 7) is 0.524. The predicted octanol–water partition coefficient (Wildman–Crippen LogP) is -3.96. The normalized spacial score (nSPS) is 45.2. The van der Waals surface area contributed by atoms with Gasteiger partial charge >= 0.3 is 0 Å². The lowest BCUT2D eigenvalue weighted by molar-refractivity contribution is -0.326. The molecule has 0 bridgehead atoms. The summed E-state index contributed by atoms with van der Waals surface area (Å²) in [5.41, 5.74) is 0. The van der Waals surface area contributed by atoms with Crippen molar-refractivity contribution in [3.63, 3.8) is 0 Å². The Hall–Kier alpha value is -0.890. The van der Waals surface area contributed by atoms with E-state index < -0.39 is 67.8 Å². The number of carbonyl (C=O) groups is 1.